The molecule has 1 N–H and O–H groups in total. The van der Waals surface area contributed by atoms with Gasteiger partial charge in [0.1, 0.15) is 11.3 Å². The fourth-order valence-electron chi connectivity index (χ4n) is 3.67. The van der Waals surface area contributed by atoms with Gasteiger partial charge in [-0.3, -0.25) is 14.9 Å². The molecule has 7 heteroatoms. The van der Waals surface area contributed by atoms with Crippen molar-refractivity contribution < 1.29 is 18.9 Å². The van der Waals surface area contributed by atoms with Gasteiger partial charge >= 0.3 is 0 Å². The van der Waals surface area contributed by atoms with Crippen LogP contribution in [0.25, 0.3) is 27.7 Å². The summed E-state index contributed by atoms with van der Waals surface area (Å²) in [6, 6.07) is 18.0. The van der Waals surface area contributed by atoms with Crippen molar-refractivity contribution in [1.29, 1.82) is 0 Å². The molecule has 0 spiro atoms. The molecule has 0 bridgehead atoms. The standard InChI is InChI=1S/C26H22N2O5/c1-16-9-10-19(28(30)31)12-23(16)27-26(29)11-17(2)20-13-21-22(18-7-5-4-6-8-18)15-33-25(21)14-24(20)32-3/h4-15H,1-3H3,(H,27,29)/b17-11+. The Morgan fingerprint density at radius 2 is 1.88 bits per heavy atom. The summed E-state index contributed by atoms with van der Waals surface area (Å²) in [6.45, 7) is 3.59. The Kier molecular flexibility index (Phi) is 5.95. The number of hydrogen-bond acceptors (Lipinski definition) is 5. The number of nitrogens with one attached hydrogen (secondary N) is 1. The topological polar surface area (TPSA) is 94.6 Å². The molecule has 0 aliphatic rings. The average molecular weight is 442 g/mol. The highest BCUT2D eigenvalue weighted by molar-refractivity contribution is 6.05. The van der Waals surface area contributed by atoms with Crippen molar-refractivity contribution in [3.05, 3.63) is 94.2 Å². The number of aryl methyl sites for hydroxylation is 1. The predicted molar refractivity (Wildman–Crippen MR) is 128 cm³/mol. The number of nitro benzene ring substituents is 1. The Hall–Kier alpha value is -4.39. The summed E-state index contributed by atoms with van der Waals surface area (Å²) in [5, 5.41) is 14.7. The number of ether oxygens (including phenoxy) is 1. The van der Waals surface area contributed by atoms with Gasteiger partial charge < -0.3 is 14.5 Å². The van der Waals surface area contributed by atoms with Crippen molar-refractivity contribution in [2.45, 2.75) is 13.8 Å². The zero-order valence-corrected chi connectivity index (χ0v) is 18.4. The van der Waals surface area contributed by atoms with Crippen molar-refractivity contribution in [3.8, 4) is 16.9 Å². The second-order valence-corrected chi connectivity index (χ2v) is 7.64. The van der Waals surface area contributed by atoms with E-state index in [0.29, 0.717) is 22.6 Å². The highest BCUT2D eigenvalue weighted by Crippen LogP contribution is 2.37. The molecular weight excluding hydrogens is 420 g/mol. The monoisotopic (exact) mass is 442 g/mol. The van der Waals surface area contributed by atoms with Crippen LogP contribution in [0, 0.1) is 17.0 Å². The van der Waals surface area contributed by atoms with Crippen LogP contribution in [0.3, 0.4) is 0 Å². The number of furan rings is 1. The van der Waals surface area contributed by atoms with Gasteiger partial charge in [0.05, 0.1) is 24.0 Å². The number of anilines is 1. The lowest BCUT2D eigenvalue weighted by Crippen LogP contribution is -2.10. The molecule has 1 heterocycles. The summed E-state index contributed by atoms with van der Waals surface area (Å²) in [7, 11) is 1.56. The number of nitro groups is 1. The first-order valence-electron chi connectivity index (χ1n) is 10.3. The summed E-state index contributed by atoms with van der Waals surface area (Å²) < 4.78 is 11.3. The van der Waals surface area contributed by atoms with Gasteiger partial charge in [-0.05, 0) is 36.6 Å². The fourth-order valence-corrected chi connectivity index (χ4v) is 3.67. The molecule has 0 saturated heterocycles. The van der Waals surface area contributed by atoms with E-state index in [4.69, 9.17) is 9.15 Å². The van der Waals surface area contributed by atoms with Gasteiger partial charge in [-0.2, -0.15) is 0 Å². The van der Waals surface area contributed by atoms with Gasteiger partial charge in [0, 0.05) is 40.8 Å². The number of allylic oxidation sites excluding steroid dienone is 1. The quantitative estimate of drug-likeness (QED) is 0.213. The maximum Gasteiger partial charge on any atom is 0.271 e. The van der Waals surface area contributed by atoms with Crippen LogP contribution < -0.4 is 10.1 Å². The Morgan fingerprint density at radius 1 is 1.12 bits per heavy atom. The average Bonchev–Trinajstić information content (AvgIpc) is 3.22. The molecule has 4 aromatic rings. The highest BCUT2D eigenvalue weighted by Gasteiger charge is 2.15. The van der Waals surface area contributed by atoms with Crippen LogP contribution in [0.4, 0.5) is 11.4 Å². The van der Waals surface area contributed by atoms with Crippen LogP contribution in [0.1, 0.15) is 18.1 Å². The van der Waals surface area contributed by atoms with E-state index in [2.05, 4.69) is 5.32 Å². The van der Waals surface area contributed by atoms with Gasteiger partial charge in [-0.1, -0.05) is 36.4 Å². The largest absolute Gasteiger partial charge is 0.496 e. The van der Waals surface area contributed by atoms with Crippen LogP contribution in [0.2, 0.25) is 0 Å². The van der Waals surface area contributed by atoms with Crippen LogP contribution in [-0.4, -0.2) is 17.9 Å². The molecule has 0 saturated carbocycles. The molecule has 3 aromatic carbocycles. The van der Waals surface area contributed by atoms with Crippen molar-refractivity contribution in [1.82, 2.24) is 0 Å². The highest BCUT2D eigenvalue weighted by atomic mass is 16.6. The van der Waals surface area contributed by atoms with Crippen molar-refractivity contribution in [2.24, 2.45) is 0 Å². The third-order valence-corrected chi connectivity index (χ3v) is 5.44. The molecular formula is C26H22N2O5. The second-order valence-electron chi connectivity index (χ2n) is 7.64. The minimum Gasteiger partial charge on any atom is -0.496 e. The lowest BCUT2D eigenvalue weighted by atomic mass is 9.99. The lowest BCUT2D eigenvalue weighted by molar-refractivity contribution is -0.384. The van der Waals surface area contributed by atoms with Gasteiger partial charge in [-0.25, -0.2) is 0 Å². The van der Waals surface area contributed by atoms with E-state index in [-0.39, 0.29) is 5.69 Å². The van der Waals surface area contributed by atoms with Crippen LogP contribution in [-0.2, 0) is 4.79 Å². The minimum absolute atomic E-state index is 0.0860. The Bertz CT molecular complexity index is 1390. The number of benzene rings is 3. The number of carbonyl (C=O) groups excluding carboxylic acids is 1. The SMILES string of the molecule is COc1cc2occ(-c3ccccc3)c2cc1/C(C)=C/C(=O)Nc1cc([N+](=O)[O-])ccc1C. The van der Waals surface area contributed by atoms with Gasteiger partial charge in [-0.15, -0.1) is 0 Å². The van der Waals surface area contributed by atoms with Crippen LogP contribution in [0.5, 0.6) is 5.75 Å². The van der Waals surface area contributed by atoms with Gasteiger partial charge in [0.15, 0.2) is 0 Å². The molecule has 0 atom stereocenters. The first-order chi connectivity index (χ1) is 15.9. The molecule has 0 aliphatic carbocycles. The van der Waals surface area contributed by atoms with E-state index in [1.165, 1.54) is 18.2 Å². The van der Waals surface area contributed by atoms with E-state index >= 15 is 0 Å². The van der Waals surface area contributed by atoms with Crippen LogP contribution in [0.15, 0.2) is 77.4 Å². The van der Waals surface area contributed by atoms with E-state index in [1.54, 1.807) is 32.4 Å². The molecule has 0 radical (unpaired) electrons. The Balaban J connectivity index is 1.69. The predicted octanol–water partition coefficient (Wildman–Crippen LogP) is 6.37. The third-order valence-electron chi connectivity index (χ3n) is 5.44. The summed E-state index contributed by atoms with van der Waals surface area (Å²) in [6.07, 6.45) is 3.16. The van der Waals surface area contributed by atoms with Crippen molar-refractivity contribution in [3.63, 3.8) is 0 Å². The Labute approximate surface area is 190 Å². The molecule has 0 fully saturated rings. The maximum atomic E-state index is 12.7. The van der Waals surface area contributed by atoms with Crippen molar-refractivity contribution >= 4 is 33.8 Å². The second kappa shape index (κ2) is 9.00. The fraction of sp³-hybridized carbons (Fsp3) is 0.115. The van der Waals surface area contributed by atoms with Gasteiger partial charge in [0.2, 0.25) is 5.91 Å². The first-order valence-corrected chi connectivity index (χ1v) is 10.3. The Morgan fingerprint density at radius 3 is 2.58 bits per heavy atom. The molecule has 4 rings (SSSR count). The number of nitrogens with zero attached hydrogens (tertiary/aromatic N) is 1. The number of hydrogen-bond donors (Lipinski definition) is 1. The molecule has 7 nitrogen and oxygen atoms in total. The summed E-state index contributed by atoms with van der Waals surface area (Å²) >= 11 is 0. The normalized spacial score (nSPS) is 11.4. The number of fused-ring (bicyclic) bond motifs is 1. The smallest absolute Gasteiger partial charge is 0.271 e. The molecule has 33 heavy (non-hydrogen) atoms. The van der Waals surface area contributed by atoms with E-state index in [1.807, 2.05) is 43.3 Å². The number of rotatable bonds is 6. The molecule has 1 aromatic heterocycles. The number of carbonyl (C=O) groups is 1. The zero-order valence-electron chi connectivity index (χ0n) is 18.4. The van der Waals surface area contributed by atoms with E-state index in [9.17, 15) is 14.9 Å². The lowest BCUT2D eigenvalue weighted by Gasteiger charge is -2.11. The minimum atomic E-state index is -0.495. The number of amides is 1. The number of non-ortho nitro benzene ring substituents is 1. The van der Waals surface area contributed by atoms with Gasteiger partial charge in [0.25, 0.3) is 5.69 Å². The third kappa shape index (κ3) is 4.48. The molecule has 0 unspecified atom stereocenters. The first kappa shape index (κ1) is 21.8. The van der Waals surface area contributed by atoms with E-state index in [0.717, 1.165) is 27.6 Å². The molecule has 0 aliphatic heterocycles. The summed E-state index contributed by atoms with van der Waals surface area (Å²) in [5.41, 5.74) is 5.10. The summed E-state index contributed by atoms with van der Waals surface area (Å²) in [5.74, 6) is 0.179. The molecule has 1 amide bonds. The zero-order chi connectivity index (χ0) is 23.5. The van der Waals surface area contributed by atoms with Crippen LogP contribution >= 0.6 is 0 Å². The maximum absolute atomic E-state index is 12.7. The summed E-state index contributed by atoms with van der Waals surface area (Å²) in [4.78, 5) is 23.3. The van der Waals surface area contributed by atoms with Crippen molar-refractivity contribution in [2.75, 3.05) is 12.4 Å². The molecule has 166 valence electrons. The van der Waals surface area contributed by atoms with E-state index < -0.39 is 10.8 Å². The number of methoxy groups -OCH3 is 1.